The molecule has 0 spiro atoms. The summed E-state index contributed by atoms with van der Waals surface area (Å²) in [5.41, 5.74) is 9.47. The number of nitrogens with two attached hydrogens (primary N) is 1. The van der Waals surface area contributed by atoms with Crippen LogP contribution in [-0.2, 0) is 11.3 Å². The van der Waals surface area contributed by atoms with Crippen LogP contribution < -0.4 is 5.73 Å². The molecule has 13 heavy (non-hydrogen) atoms. The number of fused-ring (bicyclic) bond motifs is 1. The average molecular weight is 175 g/mol. The molecule has 0 amide bonds. The molecule has 0 saturated heterocycles. The Labute approximate surface area is 78.0 Å². The van der Waals surface area contributed by atoms with Crippen molar-refractivity contribution in [1.82, 2.24) is 0 Å². The minimum Gasteiger partial charge on any atom is -0.375 e. The summed E-state index contributed by atoms with van der Waals surface area (Å²) in [6.07, 6.45) is 1.85. The van der Waals surface area contributed by atoms with Gasteiger partial charge < -0.3 is 10.5 Å². The maximum absolute atomic E-state index is 5.95. The van der Waals surface area contributed by atoms with Gasteiger partial charge in [-0.25, -0.2) is 0 Å². The van der Waals surface area contributed by atoms with Gasteiger partial charge in [-0.1, -0.05) is 30.9 Å². The number of hydrogen-bond donors (Lipinski definition) is 1. The maximum Gasteiger partial charge on any atom is 0.0721 e. The van der Waals surface area contributed by atoms with Gasteiger partial charge in [-0.3, -0.25) is 0 Å². The van der Waals surface area contributed by atoms with Gasteiger partial charge in [0.25, 0.3) is 0 Å². The van der Waals surface area contributed by atoms with E-state index in [0.717, 1.165) is 5.56 Å². The second kappa shape index (κ2) is 3.32. The fourth-order valence-corrected chi connectivity index (χ4v) is 1.77. The molecule has 2 nitrogen and oxygen atoms in total. The van der Waals surface area contributed by atoms with Gasteiger partial charge in [0.1, 0.15) is 0 Å². The maximum atomic E-state index is 5.95. The normalized spacial score (nSPS) is 20.8. The van der Waals surface area contributed by atoms with Crippen LogP contribution in [0.4, 0.5) is 0 Å². The Balaban J connectivity index is 2.56. The molecule has 0 fully saturated rings. The van der Waals surface area contributed by atoms with E-state index in [0.29, 0.717) is 13.2 Å². The number of benzene rings is 1. The molecule has 1 aliphatic rings. The quantitative estimate of drug-likeness (QED) is 0.707. The van der Waals surface area contributed by atoms with Crippen LogP contribution in [-0.4, -0.2) is 6.61 Å². The molecule has 1 unspecified atom stereocenters. The van der Waals surface area contributed by atoms with Crippen LogP contribution >= 0.6 is 0 Å². The molecular formula is C11H13NO. The summed E-state index contributed by atoms with van der Waals surface area (Å²) in [4.78, 5) is 0. The van der Waals surface area contributed by atoms with Crippen molar-refractivity contribution in [3.05, 3.63) is 41.5 Å². The zero-order chi connectivity index (χ0) is 9.26. The fourth-order valence-electron chi connectivity index (χ4n) is 1.77. The van der Waals surface area contributed by atoms with Crippen molar-refractivity contribution in [2.24, 2.45) is 5.73 Å². The van der Waals surface area contributed by atoms with Crippen LogP contribution in [0.15, 0.2) is 24.8 Å². The summed E-state index contributed by atoms with van der Waals surface area (Å²) >= 11 is 0. The van der Waals surface area contributed by atoms with Gasteiger partial charge in [-0.2, -0.15) is 0 Å². The average Bonchev–Trinajstić information content (AvgIpc) is 2.17. The lowest BCUT2D eigenvalue weighted by Gasteiger charge is -2.24. The topological polar surface area (TPSA) is 35.2 Å². The van der Waals surface area contributed by atoms with E-state index in [9.17, 15) is 0 Å². The third kappa shape index (κ3) is 1.39. The minimum absolute atomic E-state index is 0.00190. The summed E-state index contributed by atoms with van der Waals surface area (Å²) in [5.74, 6) is 0. The predicted octanol–water partition coefficient (Wildman–Crippen LogP) is 1.86. The smallest absolute Gasteiger partial charge is 0.0721 e. The Kier molecular flexibility index (Phi) is 2.17. The van der Waals surface area contributed by atoms with Crippen LogP contribution in [0.25, 0.3) is 6.08 Å². The summed E-state index contributed by atoms with van der Waals surface area (Å²) in [7, 11) is 0. The van der Waals surface area contributed by atoms with Crippen molar-refractivity contribution in [2.45, 2.75) is 12.6 Å². The molecule has 0 aliphatic carbocycles. The van der Waals surface area contributed by atoms with E-state index in [-0.39, 0.29) is 6.04 Å². The van der Waals surface area contributed by atoms with E-state index in [4.69, 9.17) is 10.5 Å². The fraction of sp³-hybridized carbons (Fsp3) is 0.273. The highest BCUT2D eigenvalue weighted by Gasteiger charge is 2.18. The van der Waals surface area contributed by atoms with E-state index < -0.39 is 0 Å². The van der Waals surface area contributed by atoms with E-state index in [2.05, 4.69) is 12.6 Å². The molecule has 0 radical (unpaired) electrons. The molecule has 0 bridgehead atoms. The van der Waals surface area contributed by atoms with Crippen LogP contribution in [0.2, 0.25) is 0 Å². The van der Waals surface area contributed by atoms with Gasteiger partial charge in [-0.15, -0.1) is 0 Å². The summed E-state index contributed by atoms with van der Waals surface area (Å²) in [5, 5.41) is 0. The zero-order valence-corrected chi connectivity index (χ0v) is 7.49. The zero-order valence-electron chi connectivity index (χ0n) is 7.49. The monoisotopic (exact) mass is 175 g/mol. The third-order valence-corrected chi connectivity index (χ3v) is 2.38. The lowest BCUT2D eigenvalue weighted by molar-refractivity contribution is 0.0923. The SMILES string of the molecule is C=Cc1cccc2c1C(N)COC2. The van der Waals surface area contributed by atoms with Crippen molar-refractivity contribution in [3.8, 4) is 0 Å². The Morgan fingerprint density at radius 1 is 1.54 bits per heavy atom. The summed E-state index contributed by atoms with van der Waals surface area (Å²) in [6, 6.07) is 6.10. The van der Waals surface area contributed by atoms with E-state index in [1.54, 1.807) is 0 Å². The van der Waals surface area contributed by atoms with Gasteiger partial charge in [0.2, 0.25) is 0 Å². The summed E-state index contributed by atoms with van der Waals surface area (Å²) < 4.78 is 5.35. The van der Waals surface area contributed by atoms with Crippen molar-refractivity contribution >= 4 is 6.08 Å². The molecule has 0 aromatic heterocycles. The van der Waals surface area contributed by atoms with Gasteiger partial charge in [0.05, 0.1) is 19.3 Å². The molecule has 2 N–H and O–H groups in total. The molecular weight excluding hydrogens is 162 g/mol. The molecule has 1 aromatic rings. The first kappa shape index (κ1) is 8.48. The van der Waals surface area contributed by atoms with E-state index in [1.165, 1.54) is 11.1 Å². The Morgan fingerprint density at radius 2 is 2.38 bits per heavy atom. The molecule has 2 heteroatoms. The van der Waals surface area contributed by atoms with Crippen molar-refractivity contribution in [3.63, 3.8) is 0 Å². The predicted molar refractivity (Wildman–Crippen MR) is 53.1 cm³/mol. The van der Waals surface area contributed by atoms with Crippen molar-refractivity contribution < 1.29 is 4.74 Å². The van der Waals surface area contributed by atoms with E-state index in [1.807, 2.05) is 18.2 Å². The standard InChI is InChI=1S/C11H13NO/c1-2-8-4-3-5-9-6-13-7-10(12)11(8)9/h2-5,10H,1,6-7,12H2. The van der Waals surface area contributed by atoms with Crippen LogP contribution in [0.1, 0.15) is 22.7 Å². The van der Waals surface area contributed by atoms with Crippen molar-refractivity contribution in [2.75, 3.05) is 6.61 Å². The first-order chi connectivity index (χ1) is 6.33. The molecule has 1 aliphatic heterocycles. The lowest BCUT2D eigenvalue weighted by Crippen LogP contribution is -2.24. The van der Waals surface area contributed by atoms with Crippen LogP contribution in [0.5, 0.6) is 0 Å². The Hall–Kier alpha value is -1.12. The lowest BCUT2D eigenvalue weighted by atomic mass is 9.94. The van der Waals surface area contributed by atoms with Gasteiger partial charge in [-0.05, 0) is 16.7 Å². The highest BCUT2D eigenvalue weighted by molar-refractivity contribution is 5.55. The molecule has 1 heterocycles. The number of rotatable bonds is 1. The second-order valence-electron chi connectivity index (χ2n) is 3.25. The third-order valence-electron chi connectivity index (χ3n) is 2.38. The Bertz CT molecular complexity index is 333. The molecule has 1 aromatic carbocycles. The largest absolute Gasteiger partial charge is 0.375 e. The molecule has 0 saturated carbocycles. The highest BCUT2D eigenvalue weighted by atomic mass is 16.5. The second-order valence-corrected chi connectivity index (χ2v) is 3.25. The van der Waals surface area contributed by atoms with Gasteiger partial charge >= 0.3 is 0 Å². The van der Waals surface area contributed by atoms with Crippen LogP contribution in [0, 0.1) is 0 Å². The van der Waals surface area contributed by atoms with Crippen molar-refractivity contribution in [1.29, 1.82) is 0 Å². The number of hydrogen-bond acceptors (Lipinski definition) is 2. The highest BCUT2D eigenvalue weighted by Crippen LogP contribution is 2.26. The molecule has 1 atom stereocenters. The molecule has 68 valence electrons. The van der Waals surface area contributed by atoms with Crippen LogP contribution in [0.3, 0.4) is 0 Å². The van der Waals surface area contributed by atoms with Gasteiger partial charge in [0.15, 0.2) is 0 Å². The van der Waals surface area contributed by atoms with Gasteiger partial charge in [0, 0.05) is 0 Å². The minimum atomic E-state index is -0.00190. The molecule has 2 rings (SSSR count). The Morgan fingerprint density at radius 3 is 3.15 bits per heavy atom. The first-order valence-corrected chi connectivity index (χ1v) is 4.40. The number of ether oxygens (including phenoxy) is 1. The first-order valence-electron chi connectivity index (χ1n) is 4.40. The summed E-state index contributed by atoms with van der Waals surface area (Å²) in [6.45, 7) is 5.06. The van der Waals surface area contributed by atoms with E-state index >= 15 is 0 Å².